The second kappa shape index (κ2) is 6.03. The Balaban J connectivity index is 2.06. The average molecular weight is 346 g/mol. The van der Waals surface area contributed by atoms with Crippen molar-refractivity contribution >= 4 is 54.2 Å². The van der Waals surface area contributed by atoms with E-state index in [-0.39, 0.29) is 6.04 Å². The van der Waals surface area contributed by atoms with Gasteiger partial charge in [0.05, 0.1) is 6.04 Å². The highest BCUT2D eigenvalue weighted by atomic mass is 35.6. The van der Waals surface area contributed by atoms with Gasteiger partial charge in [-0.05, 0) is 27.2 Å². The summed E-state index contributed by atoms with van der Waals surface area (Å²) in [6, 6.07) is -0.204. The molecule has 0 aliphatic carbocycles. The van der Waals surface area contributed by atoms with Gasteiger partial charge in [0.1, 0.15) is 0 Å². The fraction of sp³-hybridized carbons (Fsp3) is 0.818. The van der Waals surface area contributed by atoms with Crippen LogP contribution >= 0.6 is 42.7 Å². The molecule has 0 aromatic rings. The molecule has 0 aromatic carbocycles. The third-order valence-electron chi connectivity index (χ3n) is 3.66. The molecule has 3 rings (SSSR count). The number of carbonyl (C=O) groups excluding carboxylic acids is 2. The molecule has 4 nitrogen and oxygen atoms in total. The van der Waals surface area contributed by atoms with E-state index in [0.717, 1.165) is 25.4 Å². The van der Waals surface area contributed by atoms with Gasteiger partial charge in [0.25, 0.3) is 9.70 Å². The fourth-order valence-electron chi connectivity index (χ4n) is 2.56. The van der Waals surface area contributed by atoms with Gasteiger partial charge in [-0.15, -0.1) is 0 Å². The number of amides is 1. The van der Waals surface area contributed by atoms with Crippen LogP contribution in [0.25, 0.3) is 0 Å². The van der Waals surface area contributed by atoms with E-state index in [4.69, 9.17) is 34.8 Å². The Morgan fingerprint density at radius 3 is 2.42 bits per heavy atom. The molecule has 1 unspecified atom stereocenters. The number of rotatable bonds is 3. The summed E-state index contributed by atoms with van der Waals surface area (Å²) >= 11 is 16.9. The number of carbonyl (C=O) groups is 2. The minimum atomic E-state index is -1.95. The van der Waals surface area contributed by atoms with Gasteiger partial charge in [-0.3, -0.25) is 14.5 Å². The summed E-state index contributed by atoms with van der Waals surface area (Å²) in [5.74, 6) is -0.553. The normalized spacial score (nSPS) is 30.5. The number of fused-ring (bicyclic) bond motifs is 3. The third-order valence-corrected chi connectivity index (χ3v) is 6.54. The molecule has 3 heterocycles. The van der Waals surface area contributed by atoms with E-state index >= 15 is 0 Å². The standard InChI is InChI=1S/C11H16Cl3N2O2P/c1-2-15(10(18)11(12,13)14)7-8-9(17)19-5-3-16(8)4-6-19/h8H,2-7H2,1H3. The van der Waals surface area contributed by atoms with Crippen LogP contribution in [0.2, 0.25) is 0 Å². The van der Waals surface area contributed by atoms with Crippen molar-refractivity contribution in [2.45, 2.75) is 16.8 Å². The van der Waals surface area contributed by atoms with Crippen LogP contribution in [0.15, 0.2) is 0 Å². The summed E-state index contributed by atoms with van der Waals surface area (Å²) in [7, 11) is -0.505. The predicted molar refractivity (Wildman–Crippen MR) is 79.6 cm³/mol. The SMILES string of the molecule is CCN(CC1C(=O)P2CCN1CC2)C(=O)C(Cl)(Cl)Cl. The van der Waals surface area contributed by atoms with Crippen LogP contribution in [-0.4, -0.2) is 69.6 Å². The van der Waals surface area contributed by atoms with Crippen molar-refractivity contribution in [1.29, 1.82) is 0 Å². The quantitative estimate of drug-likeness (QED) is 0.579. The van der Waals surface area contributed by atoms with Crippen molar-refractivity contribution in [3.05, 3.63) is 0 Å². The predicted octanol–water partition coefficient (Wildman–Crippen LogP) is 1.91. The number of hydrogen-bond donors (Lipinski definition) is 0. The van der Waals surface area contributed by atoms with Crippen molar-refractivity contribution in [2.24, 2.45) is 0 Å². The van der Waals surface area contributed by atoms with Crippen LogP contribution in [0.5, 0.6) is 0 Å². The van der Waals surface area contributed by atoms with Crippen LogP contribution in [0.1, 0.15) is 6.92 Å². The fourth-order valence-corrected chi connectivity index (χ4v) is 5.24. The lowest BCUT2D eigenvalue weighted by atomic mass is 10.2. The van der Waals surface area contributed by atoms with E-state index in [9.17, 15) is 9.59 Å². The maximum atomic E-state index is 12.3. The summed E-state index contributed by atoms with van der Waals surface area (Å²) < 4.78 is -1.95. The van der Waals surface area contributed by atoms with Gasteiger partial charge in [-0.2, -0.15) is 0 Å². The molecular formula is C11H16Cl3N2O2P. The zero-order valence-corrected chi connectivity index (χ0v) is 13.8. The minimum absolute atomic E-state index is 0.204. The molecule has 0 N–H and O–H groups in total. The molecule has 108 valence electrons. The third kappa shape index (κ3) is 3.36. The highest BCUT2D eigenvalue weighted by molar-refractivity contribution is 7.75. The lowest BCUT2D eigenvalue weighted by molar-refractivity contribution is -0.132. The van der Waals surface area contributed by atoms with E-state index in [0.29, 0.717) is 18.6 Å². The lowest BCUT2D eigenvalue weighted by Gasteiger charge is -2.45. The minimum Gasteiger partial charge on any atom is -0.337 e. The second-order valence-electron chi connectivity index (χ2n) is 4.72. The summed E-state index contributed by atoms with van der Waals surface area (Å²) in [4.78, 5) is 27.9. The van der Waals surface area contributed by atoms with E-state index in [1.807, 2.05) is 6.92 Å². The number of likely N-dealkylation sites (N-methyl/N-ethyl adjacent to an activating group) is 1. The molecule has 19 heavy (non-hydrogen) atoms. The van der Waals surface area contributed by atoms with E-state index in [2.05, 4.69) is 4.90 Å². The smallest absolute Gasteiger partial charge is 0.274 e. The first-order valence-corrected chi connectivity index (χ1v) is 9.08. The van der Waals surface area contributed by atoms with Crippen molar-refractivity contribution < 1.29 is 9.59 Å². The van der Waals surface area contributed by atoms with Crippen LogP contribution in [-0.2, 0) is 9.59 Å². The molecule has 0 spiro atoms. The first-order chi connectivity index (χ1) is 8.84. The van der Waals surface area contributed by atoms with Crippen LogP contribution < -0.4 is 0 Å². The molecule has 8 heteroatoms. The Kier molecular flexibility index (Phi) is 5.01. The maximum Gasteiger partial charge on any atom is 0.274 e. The highest BCUT2D eigenvalue weighted by Gasteiger charge is 2.43. The summed E-state index contributed by atoms with van der Waals surface area (Å²) in [5.41, 5.74) is 0.295. The Morgan fingerprint density at radius 1 is 1.42 bits per heavy atom. The number of alkyl halides is 3. The van der Waals surface area contributed by atoms with Crippen molar-refractivity contribution in [2.75, 3.05) is 38.5 Å². The van der Waals surface area contributed by atoms with E-state index < -0.39 is 17.6 Å². The van der Waals surface area contributed by atoms with Gasteiger partial charge in [0.15, 0.2) is 5.52 Å². The van der Waals surface area contributed by atoms with Crippen LogP contribution in [0.3, 0.4) is 0 Å². The van der Waals surface area contributed by atoms with E-state index in [1.165, 1.54) is 4.90 Å². The van der Waals surface area contributed by atoms with Gasteiger partial charge in [-0.1, -0.05) is 34.8 Å². The monoisotopic (exact) mass is 344 g/mol. The Bertz CT molecular complexity index is 381. The topological polar surface area (TPSA) is 40.6 Å². The van der Waals surface area contributed by atoms with Crippen LogP contribution in [0, 0.1) is 0 Å². The molecule has 3 fully saturated rings. The number of nitrogens with zero attached hydrogens (tertiary/aromatic N) is 2. The number of halogens is 3. The Labute approximate surface area is 129 Å². The molecule has 3 aliphatic rings. The van der Waals surface area contributed by atoms with Crippen molar-refractivity contribution in [3.8, 4) is 0 Å². The van der Waals surface area contributed by atoms with Gasteiger partial charge in [-0.25, -0.2) is 0 Å². The summed E-state index contributed by atoms with van der Waals surface area (Å²) in [6.45, 7) is 4.48. The molecule has 3 saturated heterocycles. The van der Waals surface area contributed by atoms with Crippen molar-refractivity contribution in [3.63, 3.8) is 0 Å². The molecule has 0 aromatic heterocycles. The van der Waals surface area contributed by atoms with Crippen molar-refractivity contribution in [1.82, 2.24) is 9.80 Å². The molecule has 3 aliphatic heterocycles. The molecule has 2 bridgehead atoms. The van der Waals surface area contributed by atoms with Gasteiger partial charge in [0, 0.05) is 26.2 Å². The molecule has 0 radical (unpaired) electrons. The lowest BCUT2D eigenvalue weighted by Crippen LogP contribution is -2.58. The first kappa shape index (κ1) is 15.8. The summed E-state index contributed by atoms with van der Waals surface area (Å²) in [6.07, 6.45) is 1.99. The number of hydrogen-bond acceptors (Lipinski definition) is 3. The van der Waals surface area contributed by atoms with Gasteiger partial charge >= 0.3 is 0 Å². The average Bonchev–Trinajstić information content (AvgIpc) is 2.37. The molecule has 1 atom stereocenters. The van der Waals surface area contributed by atoms with Gasteiger partial charge in [0.2, 0.25) is 0 Å². The first-order valence-electron chi connectivity index (χ1n) is 6.23. The zero-order valence-electron chi connectivity index (χ0n) is 10.6. The largest absolute Gasteiger partial charge is 0.337 e. The highest BCUT2D eigenvalue weighted by Crippen LogP contribution is 2.46. The molecule has 1 amide bonds. The maximum absolute atomic E-state index is 12.3. The zero-order chi connectivity index (χ0) is 14.2. The van der Waals surface area contributed by atoms with Gasteiger partial charge < -0.3 is 4.90 Å². The molecular weight excluding hydrogens is 329 g/mol. The Hall–Kier alpha value is 0.400. The van der Waals surface area contributed by atoms with Crippen LogP contribution in [0.4, 0.5) is 0 Å². The second-order valence-corrected chi connectivity index (χ2v) is 9.41. The Morgan fingerprint density at radius 2 is 2.00 bits per heavy atom. The summed E-state index contributed by atoms with van der Waals surface area (Å²) in [5, 5.41) is 0. The van der Waals surface area contributed by atoms with E-state index in [1.54, 1.807) is 0 Å². The molecule has 0 saturated carbocycles.